The lowest BCUT2D eigenvalue weighted by Gasteiger charge is -2.29. The van der Waals surface area contributed by atoms with Gasteiger partial charge in [0, 0.05) is 31.9 Å². The van der Waals surface area contributed by atoms with Gasteiger partial charge in [-0.15, -0.1) is 24.0 Å². The summed E-state index contributed by atoms with van der Waals surface area (Å²) in [6, 6.07) is 7.78. The summed E-state index contributed by atoms with van der Waals surface area (Å²) in [6.45, 7) is 12.4. The summed E-state index contributed by atoms with van der Waals surface area (Å²) >= 11 is 0. The van der Waals surface area contributed by atoms with Crippen LogP contribution in [-0.2, 0) is 15.9 Å². The average Bonchev–Trinajstić information content (AvgIpc) is 2.66. The Morgan fingerprint density at radius 2 is 1.97 bits per heavy atom. The molecule has 1 saturated heterocycles. The lowest BCUT2D eigenvalue weighted by molar-refractivity contribution is -0.0136. The van der Waals surface area contributed by atoms with Crippen molar-refractivity contribution in [2.45, 2.75) is 45.8 Å². The largest absolute Gasteiger partial charge is 0.444 e. The van der Waals surface area contributed by atoms with Crippen LogP contribution in [0, 0.1) is 0 Å². The molecule has 0 spiro atoms. The van der Waals surface area contributed by atoms with Crippen LogP contribution >= 0.6 is 24.0 Å². The highest BCUT2D eigenvalue weighted by Gasteiger charge is 2.17. The smallest absolute Gasteiger partial charge is 0.412 e. The minimum absolute atomic E-state index is 0. The van der Waals surface area contributed by atoms with Gasteiger partial charge >= 0.3 is 6.09 Å². The normalized spacial score (nSPS) is 17.5. The van der Waals surface area contributed by atoms with Gasteiger partial charge in [-0.1, -0.05) is 12.1 Å². The van der Waals surface area contributed by atoms with E-state index >= 15 is 0 Å². The zero-order valence-electron chi connectivity index (χ0n) is 19.4. The fourth-order valence-electron chi connectivity index (χ4n) is 3.01. The highest BCUT2D eigenvalue weighted by molar-refractivity contribution is 14.0. The first kappa shape index (κ1) is 27.4. The van der Waals surface area contributed by atoms with Gasteiger partial charge in [0.25, 0.3) is 0 Å². The first-order valence-electron chi connectivity index (χ1n) is 10.7. The number of likely N-dealkylation sites (N-methyl/N-ethyl adjacent to an activating group) is 1. The number of morpholine rings is 1. The lowest BCUT2D eigenvalue weighted by Crippen LogP contribution is -2.43. The van der Waals surface area contributed by atoms with Crippen LogP contribution in [0.5, 0.6) is 0 Å². The van der Waals surface area contributed by atoms with E-state index in [1.807, 2.05) is 45.0 Å². The first-order chi connectivity index (χ1) is 14.2. The highest BCUT2D eigenvalue weighted by Crippen LogP contribution is 2.13. The Morgan fingerprint density at radius 1 is 1.26 bits per heavy atom. The number of nitrogens with one attached hydrogen (secondary N) is 3. The van der Waals surface area contributed by atoms with E-state index in [0.717, 1.165) is 45.2 Å². The molecule has 1 fully saturated rings. The second-order valence-corrected chi connectivity index (χ2v) is 8.48. The second kappa shape index (κ2) is 13.7. The maximum atomic E-state index is 11.8. The molecule has 1 atom stereocenters. The lowest BCUT2D eigenvalue weighted by atomic mass is 10.1. The Hall–Kier alpha value is -1.59. The molecule has 176 valence electrons. The van der Waals surface area contributed by atoms with Gasteiger partial charge in [-0.05, 0) is 58.9 Å². The van der Waals surface area contributed by atoms with Crippen LogP contribution in [-0.4, -0.2) is 75.0 Å². The summed E-state index contributed by atoms with van der Waals surface area (Å²) in [7, 11) is 2.11. The van der Waals surface area contributed by atoms with Crippen LogP contribution in [0.1, 0.15) is 33.3 Å². The number of benzene rings is 1. The van der Waals surface area contributed by atoms with Crippen LogP contribution in [0.15, 0.2) is 29.3 Å². The van der Waals surface area contributed by atoms with Crippen molar-refractivity contribution in [3.63, 3.8) is 0 Å². The summed E-state index contributed by atoms with van der Waals surface area (Å²) in [4.78, 5) is 18.8. The number of carbonyl (C=O) groups excluding carboxylic acids is 1. The standard InChI is InChI=1S/C22H37N5O3.HI/c1-6-23-20(25-15-19-16-27(5)13-14-29-19)24-12-11-17-7-9-18(10-8-17)26-21(28)30-22(2,3)4;/h7-10,19H,6,11-16H2,1-5H3,(H,26,28)(H2,23,24,25);1H. The van der Waals surface area contributed by atoms with Crippen molar-refractivity contribution in [1.82, 2.24) is 15.5 Å². The number of anilines is 1. The predicted molar refractivity (Wildman–Crippen MR) is 137 cm³/mol. The number of ether oxygens (including phenoxy) is 2. The Balaban J connectivity index is 0.00000480. The number of amides is 1. The van der Waals surface area contributed by atoms with Crippen molar-refractivity contribution in [3.05, 3.63) is 29.8 Å². The Kier molecular flexibility index (Phi) is 12.2. The number of halogens is 1. The van der Waals surface area contributed by atoms with E-state index < -0.39 is 11.7 Å². The topological polar surface area (TPSA) is 87.2 Å². The van der Waals surface area contributed by atoms with Crippen molar-refractivity contribution in [3.8, 4) is 0 Å². The van der Waals surface area contributed by atoms with Crippen LogP contribution < -0.4 is 16.0 Å². The molecule has 31 heavy (non-hydrogen) atoms. The van der Waals surface area contributed by atoms with Crippen LogP contribution in [0.25, 0.3) is 0 Å². The van der Waals surface area contributed by atoms with E-state index in [-0.39, 0.29) is 30.1 Å². The molecule has 3 N–H and O–H groups in total. The summed E-state index contributed by atoms with van der Waals surface area (Å²) in [5.41, 5.74) is 1.37. The van der Waals surface area contributed by atoms with E-state index in [9.17, 15) is 4.79 Å². The van der Waals surface area contributed by atoms with E-state index in [0.29, 0.717) is 12.2 Å². The molecule has 2 rings (SSSR count). The molecule has 1 unspecified atom stereocenters. The summed E-state index contributed by atoms with van der Waals surface area (Å²) in [5.74, 6) is 0.803. The van der Waals surface area contributed by atoms with Gasteiger partial charge in [-0.3, -0.25) is 10.3 Å². The van der Waals surface area contributed by atoms with Crippen molar-refractivity contribution < 1.29 is 14.3 Å². The number of nitrogens with zero attached hydrogens (tertiary/aromatic N) is 2. The highest BCUT2D eigenvalue weighted by atomic mass is 127. The third kappa shape index (κ3) is 11.6. The maximum absolute atomic E-state index is 11.8. The molecule has 0 aromatic heterocycles. The molecular formula is C22H38IN5O3. The van der Waals surface area contributed by atoms with Crippen molar-refractivity contribution in [2.75, 3.05) is 51.7 Å². The van der Waals surface area contributed by atoms with Gasteiger partial charge in [0.2, 0.25) is 0 Å². The summed E-state index contributed by atoms with van der Waals surface area (Å²) in [6.07, 6.45) is 0.542. The molecule has 0 aliphatic carbocycles. The third-order valence-corrected chi connectivity index (χ3v) is 4.44. The molecule has 1 aromatic rings. The second-order valence-electron chi connectivity index (χ2n) is 8.48. The van der Waals surface area contributed by atoms with Crippen LogP contribution in [0.4, 0.5) is 10.5 Å². The van der Waals surface area contributed by atoms with Gasteiger partial charge in [0.15, 0.2) is 5.96 Å². The molecule has 1 aliphatic heterocycles. The number of hydrogen-bond acceptors (Lipinski definition) is 5. The van der Waals surface area contributed by atoms with Crippen molar-refractivity contribution >= 4 is 41.7 Å². The number of guanidine groups is 1. The van der Waals surface area contributed by atoms with Gasteiger partial charge in [-0.25, -0.2) is 4.79 Å². The maximum Gasteiger partial charge on any atom is 0.412 e. The fraction of sp³-hybridized carbons (Fsp3) is 0.636. The molecule has 0 bridgehead atoms. The average molecular weight is 547 g/mol. The number of aliphatic imine (C=N–C) groups is 1. The minimum Gasteiger partial charge on any atom is -0.444 e. The van der Waals surface area contributed by atoms with E-state index in [1.165, 1.54) is 5.56 Å². The Bertz CT molecular complexity index is 691. The first-order valence-corrected chi connectivity index (χ1v) is 10.7. The fourth-order valence-corrected chi connectivity index (χ4v) is 3.01. The summed E-state index contributed by atoms with van der Waals surface area (Å²) < 4.78 is 11.0. The van der Waals surface area contributed by atoms with Crippen molar-refractivity contribution in [1.29, 1.82) is 0 Å². The molecule has 1 amide bonds. The third-order valence-electron chi connectivity index (χ3n) is 4.44. The van der Waals surface area contributed by atoms with Gasteiger partial charge in [0.05, 0.1) is 19.3 Å². The van der Waals surface area contributed by atoms with Crippen molar-refractivity contribution in [2.24, 2.45) is 4.99 Å². The monoisotopic (exact) mass is 547 g/mol. The van der Waals surface area contributed by atoms with E-state index in [4.69, 9.17) is 9.47 Å². The molecular weight excluding hydrogens is 509 g/mol. The van der Waals surface area contributed by atoms with Gasteiger partial charge in [-0.2, -0.15) is 0 Å². The molecule has 8 nitrogen and oxygen atoms in total. The van der Waals surface area contributed by atoms with Crippen LogP contribution in [0.3, 0.4) is 0 Å². The molecule has 1 heterocycles. The van der Waals surface area contributed by atoms with Gasteiger partial charge in [0.1, 0.15) is 5.60 Å². The van der Waals surface area contributed by atoms with E-state index in [1.54, 1.807) is 0 Å². The number of hydrogen-bond donors (Lipinski definition) is 3. The number of rotatable bonds is 7. The zero-order valence-corrected chi connectivity index (χ0v) is 21.7. The Morgan fingerprint density at radius 3 is 2.58 bits per heavy atom. The zero-order chi connectivity index (χ0) is 22.0. The quantitative estimate of drug-likeness (QED) is 0.277. The molecule has 0 saturated carbocycles. The van der Waals surface area contributed by atoms with Crippen LogP contribution in [0.2, 0.25) is 0 Å². The SMILES string of the molecule is CCNC(=NCC1CN(C)CCO1)NCCc1ccc(NC(=O)OC(C)(C)C)cc1.I. The Labute approximate surface area is 203 Å². The summed E-state index contributed by atoms with van der Waals surface area (Å²) in [5, 5.41) is 9.40. The number of carbonyl (C=O) groups is 1. The molecule has 1 aromatic carbocycles. The molecule has 1 aliphatic rings. The predicted octanol–water partition coefficient (Wildman–Crippen LogP) is 3.08. The van der Waals surface area contributed by atoms with E-state index in [2.05, 4.69) is 39.8 Å². The molecule has 9 heteroatoms. The molecule has 0 radical (unpaired) electrons. The van der Waals surface area contributed by atoms with Gasteiger partial charge < -0.3 is 25.0 Å². The minimum atomic E-state index is -0.513.